The lowest BCUT2D eigenvalue weighted by atomic mass is 10.1. The summed E-state index contributed by atoms with van der Waals surface area (Å²) < 4.78 is 3.06. The number of rotatable bonds is 5. The van der Waals surface area contributed by atoms with E-state index in [0.29, 0.717) is 25.6 Å². The topological polar surface area (TPSA) is 68.0 Å². The molecule has 1 atom stereocenters. The average Bonchev–Trinajstić information content (AvgIpc) is 2.77. The fraction of sp³-hybridized carbons (Fsp3) is 0.900. The predicted octanol–water partition coefficient (Wildman–Crippen LogP) is 1.78. The Balaban J connectivity index is 2.78. The number of nitrogens with zero attached hydrogens (tertiary/aromatic N) is 3. The van der Waals surface area contributed by atoms with Crippen LogP contribution in [0.1, 0.15) is 13.3 Å². The van der Waals surface area contributed by atoms with Crippen LogP contribution in [0.15, 0.2) is 4.99 Å². The van der Waals surface area contributed by atoms with Gasteiger partial charge in [0, 0.05) is 32.7 Å². The summed E-state index contributed by atoms with van der Waals surface area (Å²) in [6, 6.07) is 0. The van der Waals surface area contributed by atoms with Crippen LogP contribution in [-0.2, 0) is 4.74 Å². The molecule has 0 spiro atoms. The molecular weight excluding hydrogens is 281 g/mol. The van der Waals surface area contributed by atoms with E-state index in [-0.39, 0.29) is 5.84 Å². The molecule has 1 aliphatic rings. The third kappa shape index (κ3) is 3.70. The van der Waals surface area contributed by atoms with Crippen molar-refractivity contribution in [2.75, 3.05) is 33.4 Å². The van der Waals surface area contributed by atoms with Gasteiger partial charge in [-0.1, -0.05) is 0 Å². The van der Waals surface area contributed by atoms with Crippen molar-refractivity contribution >= 4 is 29.0 Å². The molecule has 1 rings (SSSR count). The second-order valence-electron chi connectivity index (χ2n) is 4.21. The van der Waals surface area contributed by atoms with Crippen LogP contribution in [0.2, 0.25) is 0 Å². The van der Waals surface area contributed by atoms with E-state index >= 15 is 0 Å². The first-order valence-corrected chi connectivity index (χ1v) is 6.51. The van der Waals surface area contributed by atoms with Gasteiger partial charge >= 0.3 is 4.46 Å². The Hall–Kier alpha value is -0.590. The van der Waals surface area contributed by atoms with E-state index in [4.69, 9.17) is 27.9 Å². The Labute approximate surface area is 116 Å². The molecule has 0 saturated carbocycles. The Morgan fingerprint density at radius 2 is 2.33 bits per heavy atom. The molecular formula is C10H17Cl2N3O3. The number of alkyl halides is 2. The molecule has 0 aliphatic carbocycles. The zero-order valence-corrected chi connectivity index (χ0v) is 11.9. The third-order valence-electron chi connectivity index (χ3n) is 2.72. The van der Waals surface area contributed by atoms with Crippen molar-refractivity contribution in [3.63, 3.8) is 0 Å². The van der Waals surface area contributed by atoms with Gasteiger partial charge in [-0.15, -0.1) is 0 Å². The number of aliphatic imine (C=N–C) groups is 1. The maximum Gasteiger partial charge on any atom is 0.428 e. The SMILES string of the molecule is CCN=C(N(C)CC1CCOC1)C(Cl)(Cl)[N+](=O)[O-]. The number of likely N-dealkylation sites (N-methyl/N-ethyl adjacent to an activating group) is 1. The van der Waals surface area contributed by atoms with Gasteiger partial charge in [0.15, 0.2) is 0 Å². The van der Waals surface area contributed by atoms with Crippen LogP contribution in [0, 0.1) is 16.0 Å². The zero-order valence-electron chi connectivity index (χ0n) is 10.4. The first kappa shape index (κ1) is 15.5. The minimum Gasteiger partial charge on any atom is -0.381 e. The fourth-order valence-electron chi connectivity index (χ4n) is 1.88. The Kier molecular flexibility index (Phi) is 5.62. The molecule has 0 bridgehead atoms. The van der Waals surface area contributed by atoms with Gasteiger partial charge in [0.1, 0.15) is 0 Å². The van der Waals surface area contributed by atoms with Gasteiger partial charge < -0.3 is 9.64 Å². The quantitative estimate of drug-likeness (QED) is 0.194. The molecule has 6 nitrogen and oxygen atoms in total. The standard InChI is InChI=1S/C10H17Cl2N3O3/c1-3-13-9(10(11,12)15(16)17)14(2)6-8-4-5-18-7-8/h8H,3-7H2,1-2H3. The molecule has 0 radical (unpaired) electrons. The monoisotopic (exact) mass is 297 g/mol. The van der Waals surface area contributed by atoms with Crippen molar-refractivity contribution in [3.8, 4) is 0 Å². The summed E-state index contributed by atoms with van der Waals surface area (Å²) in [5.41, 5.74) is 0. The number of halogens is 2. The number of amidine groups is 1. The largest absolute Gasteiger partial charge is 0.428 e. The molecule has 0 amide bonds. The minimum absolute atomic E-state index is 0.0743. The lowest BCUT2D eigenvalue weighted by Gasteiger charge is -2.26. The number of ether oxygens (including phenoxy) is 1. The van der Waals surface area contributed by atoms with E-state index < -0.39 is 9.38 Å². The normalized spacial score (nSPS) is 21.1. The molecule has 1 saturated heterocycles. The second kappa shape index (κ2) is 6.54. The predicted molar refractivity (Wildman–Crippen MR) is 71.0 cm³/mol. The molecule has 0 aromatic rings. The lowest BCUT2D eigenvalue weighted by Crippen LogP contribution is -2.46. The smallest absolute Gasteiger partial charge is 0.381 e. The zero-order chi connectivity index (χ0) is 13.8. The van der Waals surface area contributed by atoms with Crippen LogP contribution in [0.3, 0.4) is 0 Å². The first-order valence-electron chi connectivity index (χ1n) is 5.75. The number of nitro groups is 1. The Morgan fingerprint density at radius 3 is 2.78 bits per heavy atom. The third-order valence-corrected chi connectivity index (χ3v) is 3.34. The van der Waals surface area contributed by atoms with Crippen LogP contribution in [0.5, 0.6) is 0 Å². The van der Waals surface area contributed by atoms with Crippen molar-refractivity contribution in [2.45, 2.75) is 17.8 Å². The van der Waals surface area contributed by atoms with Gasteiger partial charge in [-0.3, -0.25) is 15.1 Å². The highest BCUT2D eigenvalue weighted by molar-refractivity contribution is 6.57. The molecule has 0 aromatic heterocycles. The molecule has 18 heavy (non-hydrogen) atoms. The summed E-state index contributed by atoms with van der Waals surface area (Å²) in [6.07, 6.45) is 0.930. The summed E-state index contributed by atoms with van der Waals surface area (Å²) in [6.45, 7) is 4.13. The van der Waals surface area contributed by atoms with Crippen LogP contribution in [0.4, 0.5) is 0 Å². The highest BCUT2D eigenvalue weighted by atomic mass is 35.5. The molecule has 1 heterocycles. The lowest BCUT2D eigenvalue weighted by molar-refractivity contribution is -0.497. The van der Waals surface area contributed by atoms with Gasteiger partial charge in [-0.05, 0) is 36.5 Å². The highest BCUT2D eigenvalue weighted by Crippen LogP contribution is 2.26. The molecule has 1 fully saturated rings. The Bertz CT molecular complexity index is 330. The summed E-state index contributed by atoms with van der Waals surface area (Å²) in [5.74, 6) is 0.401. The molecule has 104 valence electrons. The van der Waals surface area contributed by atoms with Crippen LogP contribution < -0.4 is 0 Å². The average molecular weight is 298 g/mol. The van der Waals surface area contributed by atoms with Crippen molar-refractivity contribution in [3.05, 3.63) is 10.1 Å². The summed E-state index contributed by atoms with van der Waals surface area (Å²) in [7, 11) is 1.70. The van der Waals surface area contributed by atoms with Crippen molar-refractivity contribution in [1.82, 2.24) is 4.90 Å². The Morgan fingerprint density at radius 1 is 1.67 bits per heavy atom. The van der Waals surface area contributed by atoms with E-state index in [9.17, 15) is 10.1 Å². The summed E-state index contributed by atoms with van der Waals surface area (Å²) in [4.78, 5) is 15.8. The molecule has 1 unspecified atom stereocenters. The molecule has 8 heteroatoms. The minimum atomic E-state index is -2.20. The van der Waals surface area contributed by atoms with E-state index in [0.717, 1.165) is 13.0 Å². The van der Waals surface area contributed by atoms with Crippen molar-refractivity contribution in [2.24, 2.45) is 10.9 Å². The highest BCUT2D eigenvalue weighted by Gasteiger charge is 2.47. The molecule has 1 aliphatic heterocycles. The molecule has 0 aromatic carbocycles. The summed E-state index contributed by atoms with van der Waals surface area (Å²) in [5, 5.41) is 10.9. The van der Waals surface area contributed by atoms with E-state index in [2.05, 4.69) is 4.99 Å². The van der Waals surface area contributed by atoms with E-state index in [1.54, 1.807) is 18.9 Å². The van der Waals surface area contributed by atoms with Crippen LogP contribution in [0.25, 0.3) is 0 Å². The number of hydrogen-bond donors (Lipinski definition) is 0. The van der Waals surface area contributed by atoms with Crippen LogP contribution >= 0.6 is 23.2 Å². The van der Waals surface area contributed by atoms with Gasteiger partial charge in [-0.2, -0.15) is 0 Å². The maximum absolute atomic E-state index is 10.9. The summed E-state index contributed by atoms with van der Waals surface area (Å²) >= 11 is 11.5. The fourth-order valence-corrected chi connectivity index (χ4v) is 2.29. The van der Waals surface area contributed by atoms with Crippen molar-refractivity contribution < 1.29 is 9.66 Å². The van der Waals surface area contributed by atoms with E-state index in [1.807, 2.05) is 0 Å². The van der Waals surface area contributed by atoms with Gasteiger partial charge in [0.05, 0.1) is 11.5 Å². The van der Waals surface area contributed by atoms with E-state index in [1.165, 1.54) is 0 Å². The van der Waals surface area contributed by atoms with Gasteiger partial charge in [0.2, 0.25) is 5.84 Å². The molecule has 0 N–H and O–H groups in total. The van der Waals surface area contributed by atoms with Crippen LogP contribution in [-0.4, -0.2) is 53.5 Å². The number of hydrogen-bond acceptors (Lipinski definition) is 4. The second-order valence-corrected chi connectivity index (χ2v) is 5.49. The maximum atomic E-state index is 10.9. The van der Waals surface area contributed by atoms with Gasteiger partial charge in [0.25, 0.3) is 0 Å². The van der Waals surface area contributed by atoms with Gasteiger partial charge in [-0.25, -0.2) is 0 Å². The van der Waals surface area contributed by atoms with Crippen molar-refractivity contribution in [1.29, 1.82) is 0 Å². The first-order chi connectivity index (χ1) is 8.39.